The number of aromatic nitrogens is 4. The lowest BCUT2D eigenvalue weighted by molar-refractivity contribution is 0.518. The van der Waals surface area contributed by atoms with Crippen LogP contribution in [-0.4, -0.2) is 19.3 Å². The highest BCUT2D eigenvalue weighted by molar-refractivity contribution is 5.72. The predicted octanol–water partition coefficient (Wildman–Crippen LogP) is 2.14. The molecule has 18 heavy (non-hydrogen) atoms. The SMILES string of the molecule is Cc1c(-c2nc(C)n(CC(C)C)c2N)cnn1C. The van der Waals surface area contributed by atoms with E-state index in [-0.39, 0.29) is 0 Å². The Labute approximate surface area is 108 Å². The van der Waals surface area contributed by atoms with Crippen molar-refractivity contribution < 1.29 is 0 Å². The molecule has 0 unspecified atom stereocenters. The normalized spacial score (nSPS) is 11.4. The van der Waals surface area contributed by atoms with Crippen molar-refractivity contribution in [3.05, 3.63) is 17.7 Å². The first kappa shape index (κ1) is 12.7. The van der Waals surface area contributed by atoms with Gasteiger partial charge in [0.25, 0.3) is 0 Å². The van der Waals surface area contributed by atoms with Gasteiger partial charge in [0.1, 0.15) is 17.3 Å². The van der Waals surface area contributed by atoms with Gasteiger partial charge in [-0.2, -0.15) is 5.10 Å². The topological polar surface area (TPSA) is 61.7 Å². The molecule has 0 bridgehead atoms. The molecule has 0 atom stereocenters. The van der Waals surface area contributed by atoms with Gasteiger partial charge in [-0.15, -0.1) is 0 Å². The first-order valence-corrected chi connectivity index (χ1v) is 6.23. The lowest BCUT2D eigenvalue weighted by Crippen LogP contribution is -2.09. The molecular formula is C13H21N5. The summed E-state index contributed by atoms with van der Waals surface area (Å²) in [7, 11) is 1.92. The van der Waals surface area contributed by atoms with Crippen molar-refractivity contribution in [3.8, 4) is 11.3 Å². The van der Waals surface area contributed by atoms with Gasteiger partial charge >= 0.3 is 0 Å². The molecule has 0 aromatic carbocycles. The van der Waals surface area contributed by atoms with E-state index in [9.17, 15) is 0 Å². The molecular weight excluding hydrogens is 226 g/mol. The summed E-state index contributed by atoms with van der Waals surface area (Å²) in [5.41, 5.74) is 9.17. The Morgan fingerprint density at radius 2 is 2.00 bits per heavy atom. The van der Waals surface area contributed by atoms with Crippen LogP contribution >= 0.6 is 0 Å². The summed E-state index contributed by atoms with van der Waals surface area (Å²) in [6, 6.07) is 0. The maximum Gasteiger partial charge on any atom is 0.131 e. The van der Waals surface area contributed by atoms with Crippen LogP contribution in [0.15, 0.2) is 6.20 Å². The van der Waals surface area contributed by atoms with Crippen LogP contribution in [0.4, 0.5) is 5.82 Å². The minimum atomic E-state index is 0.544. The summed E-state index contributed by atoms with van der Waals surface area (Å²) in [5.74, 6) is 2.24. The molecule has 98 valence electrons. The molecule has 2 rings (SSSR count). The Morgan fingerprint density at radius 1 is 1.33 bits per heavy atom. The monoisotopic (exact) mass is 247 g/mol. The van der Waals surface area contributed by atoms with Crippen LogP contribution in [0.25, 0.3) is 11.3 Å². The maximum absolute atomic E-state index is 6.23. The van der Waals surface area contributed by atoms with Crippen molar-refractivity contribution in [1.29, 1.82) is 0 Å². The van der Waals surface area contributed by atoms with Crippen molar-refractivity contribution in [2.75, 3.05) is 5.73 Å². The Hall–Kier alpha value is -1.78. The van der Waals surface area contributed by atoms with Crippen molar-refractivity contribution in [3.63, 3.8) is 0 Å². The second kappa shape index (κ2) is 4.48. The van der Waals surface area contributed by atoms with Crippen molar-refractivity contribution in [2.24, 2.45) is 13.0 Å². The van der Waals surface area contributed by atoms with Gasteiger partial charge in [0.05, 0.1) is 6.20 Å². The fourth-order valence-electron chi connectivity index (χ4n) is 2.11. The summed E-state index contributed by atoms with van der Waals surface area (Å²) in [5, 5.41) is 4.25. The van der Waals surface area contributed by atoms with Gasteiger partial charge in [0.2, 0.25) is 0 Å². The zero-order valence-electron chi connectivity index (χ0n) is 11.7. The molecule has 2 aromatic rings. The van der Waals surface area contributed by atoms with Gasteiger partial charge in [-0.1, -0.05) is 13.8 Å². The fraction of sp³-hybridized carbons (Fsp3) is 0.538. The third-order valence-corrected chi connectivity index (χ3v) is 3.24. The highest BCUT2D eigenvalue weighted by atomic mass is 15.3. The van der Waals surface area contributed by atoms with Crippen LogP contribution < -0.4 is 5.73 Å². The number of nitrogen functional groups attached to an aromatic ring is 1. The molecule has 5 nitrogen and oxygen atoms in total. The molecule has 0 fully saturated rings. The lowest BCUT2D eigenvalue weighted by atomic mass is 10.2. The minimum absolute atomic E-state index is 0.544. The zero-order chi connectivity index (χ0) is 13.4. The number of anilines is 1. The number of hydrogen-bond donors (Lipinski definition) is 1. The van der Waals surface area contributed by atoms with Crippen molar-refractivity contribution in [2.45, 2.75) is 34.2 Å². The quantitative estimate of drug-likeness (QED) is 0.904. The van der Waals surface area contributed by atoms with Gasteiger partial charge < -0.3 is 10.3 Å². The first-order chi connectivity index (χ1) is 8.41. The molecule has 5 heteroatoms. The average Bonchev–Trinajstić information content (AvgIpc) is 2.74. The fourth-order valence-corrected chi connectivity index (χ4v) is 2.11. The minimum Gasteiger partial charge on any atom is -0.383 e. The molecule has 2 N–H and O–H groups in total. The highest BCUT2D eigenvalue weighted by Gasteiger charge is 2.17. The maximum atomic E-state index is 6.23. The molecule has 2 aromatic heterocycles. The Morgan fingerprint density at radius 3 is 2.50 bits per heavy atom. The van der Waals surface area contributed by atoms with Gasteiger partial charge in [0.15, 0.2) is 0 Å². The lowest BCUT2D eigenvalue weighted by Gasteiger charge is -2.10. The van der Waals surface area contributed by atoms with E-state index >= 15 is 0 Å². The van der Waals surface area contributed by atoms with E-state index < -0.39 is 0 Å². The molecule has 2 heterocycles. The summed E-state index contributed by atoms with van der Waals surface area (Å²) < 4.78 is 3.91. The van der Waals surface area contributed by atoms with Crippen LogP contribution in [0.1, 0.15) is 25.4 Å². The summed E-state index contributed by atoms with van der Waals surface area (Å²) in [6.45, 7) is 9.26. The molecule has 0 amide bonds. The molecule has 0 aliphatic rings. The molecule has 0 aliphatic heterocycles. The van der Waals surface area contributed by atoms with E-state index in [2.05, 4.69) is 28.5 Å². The number of nitrogens with two attached hydrogens (primary N) is 1. The Balaban J connectivity index is 2.50. The van der Waals surface area contributed by atoms with Crippen LogP contribution in [0, 0.1) is 19.8 Å². The third kappa shape index (κ3) is 2.00. The molecule has 0 saturated carbocycles. The van der Waals surface area contributed by atoms with Crippen LogP contribution in [0.5, 0.6) is 0 Å². The Kier molecular flexibility index (Phi) is 3.15. The van der Waals surface area contributed by atoms with E-state index in [4.69, 9.17) is 5.73 Å². The largest absolute Gasteiger partial charge is 0.383 e. The van der Waals surface area contributed by atoms with Crippen molar-refractivity contribution >= 4 is 5.82 Å². The number of aryl methyl sites for hydroxylation is 2. The number of hydrogen-bond acceptors (Lipinski definition) is 3. The summed E-state index contributed by atoms with van der Waals surface area (Å²) in [4.78, 5) is 4.59. The number of nitrogens with zero attached hydrogens (tertiary/aromatic N) is 4. The van der Waals surface area contributed by atoms with Gasteiger partial charge in [-0.25, -0.2) is 4.98 Å². The van der Waals surface area contributed by atoms with E-state index in [0.717, 1.165) is 35.1 Å². The van der Waals surface area contributed by atoms with E-state index in [0.29, 0.717) is 5.92 Å². The van der Waals surface area contributed by atoms with Gasteiger partial charge in [0, 0.05) is 24.8 Å². The first-order valence-electron chi connectivity index (χ1n) is 6.23. The molecule has 0 radical (unpaired) electrons. The molecule has 0 spiro atoms. The number of rotatable bonds is 3. The van der Waals surface area contributed by atoms with Gasteiger partial charge in [-0.3, -0.25) is 4.68 Å². The standard InChI is InChI=1S/C13H21N5/c1-8(2)7-18-10(4)16-12(13(18)14)11-6-15-17(5)9(11)3/h6,8H,7,14H2,1-5H3. The summed E-state index contributed by atoms with van der Waals surface area (Å²) >= 11 is 0. The second-order valence-electron chi connectivity index (χ2n) is 5.16. The van der Waals surface area contributed by atoms with E-state index in [1.807, 2.05) is 31.8 Å². The average molecular weight is 247 g/mol. The third-order valence-electron chi connectivity index (χ3n) is 3.24. The zero-order valence-corrected chi connectivity index (χ0v) is 11.7. The van der Waals surface area contributed by atoms with Crippen LogP contribution in [-0.2, 0) is 13.6 Å². The number of imidazole rings is 1. The van der Waals surface area contributed by atoms with Crippen LogP contribution in [0.2, 0.25) is 0 Å². The smallest absolute Gasteiger partial charge is 0.131 e. The molecule has 0 saturated heterocycles. The second-order valence-corrected chi connectivity index (χ2v) is 5.16. The Bertz CT molecular complexity index is 562. The van der Waals surface area contributed by atoms with E-state index in [1.54, 1.807) is 0 Å². The van der Waals surface area contributed by atoms with E-state index in [1.165, 1.54) is 0 Å². The molecule has 0 aliphatic carbocycles. The van der Waals surface area contributed by atoms with Crippen molar-refractivity contribution in [1.82, 2.24) is 19.3 Å². The predicted molar refractivity (Wildman–Crippen MR) is 73.2 cm³/mol. The van der Waals surface area contributed by atoms with Gasteiger partial charge in [-0.05, 0) is 19.8 Å². The summed E-state index contributed by atoms with van der Waals surface area (Å²) in [6.07, 6.45) is 1.83. The van der Waals surface area contributed by atoms with Crippen LogP contribution in [0.3, 0.4) is 0 Å². The highest BCUT2D eigenvalue weighted by Crippen LogP contribution is 2.28.